The molecule has 1 aliphatic heterocycles. The van der Waals surface area contributed by atoms with Crippen LogP contribution in [0, 0.1) is 0 Å². The molecule has 0 aromatic carbocycles. The zero-order valence-corrected chi connectivity index (χ0v) is 10.7. The van der Waals surface area contributed by atoms with E-state index in [0.29, 0.717) is 19.8 Å². The van der Waals surface area contributed by atoms with Crippen molar-refractivity contribution in [1.82, 2.24) is 4.90 Å². The van der Waals surface area contributed by atoms with Gasteiger partial charge in [0, 0.05) is 6.54 Å². The average molecular weight is 246 g/mol. The number of carbonyl (C=O) groups excluding carboxylic acids is 1. The molecule has 0 aliphatic carbocycles. The quantitative estimate of drug-likeness (QED) is 0.697. The Hall–Kier alpha value is -0.880. The van der Waals surface area contributed by atoms with Crippen molar-refractivity contribution in [2.45, 2.75) is 32.4 Å². The van der Waals surface area contributed by atoms with Gasteiger partial charge in [-0.05, 0) is 20.8 Å². The van der Waals surface area contributed by atoms with Crippen LogP contribution in [0.5, 0.6) is 0 Å². The van der Waals surface area contributed by atoms with Crippen molar-refractivity contribution < 1.29 is 14.3 Å². The maximum Gasteiger partial charge on any atom is 0.411 e. The van der Waals surface area contributed by atoms with Crippen LogP contribution in [-0.4, -0.2) is 47.4 Å². The number of nitrogens with zero attached hydrogens (tertiary/aromatic N) is 1. The molecule has 1 fully saturated rings. The predicted molar refractivity (Wildman–Crippen MR) is 64.3 cm³/mol. The van der Waals surface area contributed by atoms with Crippen LogP contribution in [0.4, 0.5) is 4.79 Å². The molecule has 0 radical (unpaired) electrons. The molecule has 0 spiro atoms. The Morgan fingerprint density at radius 3 is 2.69 bits per heavy atom. The van der Waals surface area contributed by atoms with Gasteiger partial charge in [0.05, 0.1) is 18.2 Å². The van der Waals surface area contributed by atoms with Gasteiger partial charge in [0.25, 0.3) is 0 Å². The Morgan fingerprint density at radius 1 is 1.56 bits per heavy atom. The van der Waals surface area contributed by atoms with E-state index >= 15 is 0 Å². The summed E-state index contributed by atoms with van der Waals surface area (Å²) < 4.78 is 10.5. The van der Waals surface area contributed by atoms with Crippen molar-refractivity contribution in [3.8, 4) is 0 Å². The van der Waals surface area contributed by atoms with Crippen molar-refractivity contribution in [3.05, 3.63) is 0 Å². The summed E-state index contributed by atoms with van der Waals surface area (Å²) in [6.07, 6.45) is -0.395. The zero-order chi connectivity index (χ0) is 12.3. The van der Waals surface area contributed by atoms with Crippen molar-refractivity contribution in [2.75, 3.05) is 19.8 Å². The molecule has 16 heavy (non-hydrogen) atoms. The molecule has 1 atom stereocenters. The van der Waals surface area contributed by atoms with Gasteiger partial charge in [-0.15, -0.1) is 0 Å². The highest BCUT2D eigenvalue weighted by Crippen LogP contribution is 2.14. The third kappa shape index (κ3) is 3.61. The summed E-state index contributed by atoms with van der Waals surface area (Å²) in [7, 11) is 0. The van der Waals surface area contributed by atoms with Gasteiger partial charge >= 0.3 is 6.09 Å². The molecule has 2 N–H and O–H groups in total. The number of ether oxygens (including phenoxy) is 2. The SMILES string of the molecule is CC(C)(C)OC(=O)N1CCOC[C@@H]1C(N)=S. The van der Waals surface area contributed by atoms with Crippen LogP contribution in [0.3, 0.4) is 0 Å². The van der Waals surface area contributed by atoms with E-state index in [0.717, 1.165) is 0 Å². The number of hydrogen-bond donors (Lipinski definition) is 1. The van der Waals surface area contributed by atoms with Crippen molar-refractivity contribution >= 4 is 23.3 Å². The molecule has 1 aliphatic rings. The Kier molecular flexibility index (Phi) is 4.09. The van der Waals surface area contributed by atoms with Crippen LogP contribution in [0.25, 0.3) is 0 Å². The molecule has 0 unspecified atom stereocenters. The van der Waals surface area contributed by atoms with Crippen LogP contribution in [-0.2, 0) is 9.47 Å². The van der Waals surface area contributed by atoms with Crippen molar-refractivity contribution in [3.63, 3.8) is 0 Å². The molecule has 92 valence electrons. The maximum atomic E-state index is 11.9. The molecule has 5 nitrogen and oxygen atoms in total. The van der Waals surface area contributed by atoms with E-state index in [4.69, 9.17) is 27.4 Å². The molecule has 0 aromatic rings. The first-order valence-corrected chi connectivity index (χ1v) is 5.59. The number of nitrogens with two attached hydrogens (primary N) is 1. The number of rotatable bonds is 1. The minimum Gasteiger partial charge on any atom is -0.444 e. The maximum absolute atomic E-state index is 11.9. The Bertz CT molecular complexity index is 288. The second-order valence-corrected chi connectivity index (χ2v) is 5.14. The Labute approximate surface area is 101 Å². The molecule has 0 bridgehead atoms. The fourth-order valence-corrected chi connectivity index (χ4v) is 1.57. The number of thiocarbonyl (C=S) groups is 1. The smallest absolute Gasteiger partial charge is 0.411 e. The van der Waals surface area contributed by atoms with Crippen LogP contribution in [0.15, 0.2) is 0 Å². The van der Waals surface area contributed by atoms with Gasteiger partial charge < -0.3 is 15.2 Å². The predicted octanol–water partition coefficient (Wildman–Crippen LogP) is 0.908. The topological polar surface area (TPSA) is 64.8 Å². The third-order valence-electron chi connectivity index (χ3n) is 2.08. The van der Waals surface area contributed by atoms with Gasteiger partial charge in [0.1, 0.15) is 11.6 Å². The van der Waals surface area contributed by atoms with Crippen LogP contribution >= 0.6 is 12.2 Å². The Balaban J connectivity index is 2.68. The molecule has 1 saturated heterocycles. The molecule has 6 heteroatoms. The molecule has 1 amide bonds. The van der Waals surface area contributed by atoms with Gasteiger partial charge in [-0.3, -0.25) is 4.90 Å². The summed E-state index contributed by atoms with van der Waals surface area (Å²) in [5.41, 5.74) is 5.04. The van der Waals surface area contributed by atoms with Gasteiger partial charge in [-0.2, -0.15) is 0 Å². The van der Waals surface area contributed by atoms with E-state index in [-0.39, 0.29) is 11.0 Å². The summed E-state index contributed by atoms with van der Waals surface area (Å²) in [5.74, 6) is 0. The first-order chi connectivity index (χ1) is 7.31. The summed E-state index contributed by atoms with van der Waals surface area (Å²) in [4.78, 5) is 13.6. The zero-order valence-electron chi connectivity index (χ0n) is 9.86. The summed E-state index contributed by atoms with van der Waals surface area (Å²) in [5, 5.41) is 0. The molecular formula is C10H18N2O3S. The highest BCUT2D eigenvalue weighted by molar-refractivity contribution is 7.80. The molecular weight excluding hydrogens is 228 g/mol. The summed E-state index contributed by atoms with van der Waals surface area (Å²) >= 11 is 4.90. The fraction of sp³-hybridized carbons (Fsp3) is 0.800. The van der Waals surface area contributed by atoms with E-state index in [1.54, 1.807) is 0 Å². The summed E-state index contributed by atoms with van der Waals surface area (Å²) in [6, 6.07) is -0.362. The largest absolute Gasteiger partial charge is 0.444 e. The minimum absolute atomic E-state index is 0.255. The molecule has 0 saturated carbocycles. The Morgan fingerprint density at radius 2 is 2.19 bits per heavy atom. The first-order valence-electron chi connectivity index (χ1n) is 5.18. The molecule has 1 rings (SSSR count). The lowest BCUT2D eigenvalue weighted by molar-refractivity contribution is -0.0176. The second kappa shape index (κ2) is 4.97. The van der Waals surface area contributed by atoms with Crippen LogP contribution in [0.2, 0.25) is 0 Å². The number of carbonyl (C=O) groups is 1. The first kappa shape index (κ1) is 13.2. The van der Waals surface area contributed by atoms with E-state index < -0.39 is 11.7 Å². The highest BCUT2D eigenvalue weighted by Gasteiger charge is 2.32. The van der Waals surface area contributed by atoms with Crippen molar-refractivity contribution in [2.24, 2.45) is 5.73 Å². The van der Waals surface area contributed by atoms with Crippen molar-refractivity contribution in [1.29, 1.82) is 0 Å². The van der Waals surface area contributed by atoms with E-state index in [2.05, 4.69) is 0 Å². The monoisotopic (exact) mass is 246 g/mol. The number of hydrogen-bond acceptors (Lipinski definition) is 4. The average Bonchev–Trinajstić information content (AvgIpc) is 2.15. The van der Waals surface area contributed by atoms with E-state index in [1.807, 2.05) is 20.8 Å². The summed E-state index contributed by atoms with van der Waals surface area (Å²) in [6.45, 7) is 6.74. The molecule has 1 heterocycles. The second-order valence-electron chi connectivity index (χ2n) is 4.67. The number of morpholine rings is 1. The van der Waals surface area contributed by atoms with E-state index in [1.165, 1.54) is 4.90 Å². The normalized spacial score (nSPS) is 21.7. The fourth-order valence-electron chi connectivity index (χ4n) is 1.38. The third-order valence-corrected chi connectivity index (χ3v) is 2.36. The van der Waals surface area contributed by atoms with Gasteiger partial charge in [-0.1, -0.05) is 12.2 Å². The van der Waals surface area contributed by atoms with Crippen LogP contribution < -0.4 is 5.73 Å². The lowest BCUT2D eigenvalue weighted by Crippen LogP contribution is -2.55. The van der Waals surface area contributed by atoms with Gasteiger partial charge in [0.2, 0.25) is 0 Å². The van der Waals surface area contributed by atoms with E-state index in [9.17, 15) is 4.79 Å². The minimum atomic E-state index is -0.518. The molecule has 0 aromatic heterocycles. The lowest BCUT2D eigenvalue weighted by atomic mass is 10.2. The lowest BCUT2D eigenvalue weighted by Gasteiger charge is -2.35. The highest BCUT2D eigenvalue weighted by atomic mass is 32.1. The van der Waals surface area contributed by atoms with Gasteiger partial charge in [-0.25, -0.2) is 4.79 Å². The standard InChI is InChI=1S/C10H18N2O3S/c1-10(2,3)15-9(13)12-4-5-14-6-7(12)8(11)16/h7H,4-6H2,1-3H3,(H2,11,16)/t7-/m1/s1. The number of amides is 1. The van der Waals surface area contributed by atoms with Crippen LogP contribution in [0.1, 0.15) is 20.8 Å². The van der Waals surface area contributed by atoms with Gasteiger partial charge in [0.15, 0.2) is 0 Å².